The van der Waals surface area contributed by atoms with E-state index in [0.717, 1.165) is 0 Å². The number of benzene rings is 2. The molecule has 1 amide bonds. The number of nitrogens with zero attached hydrogens (tertiary/aromatic N) is 2. The van der Waals surface area contributed by atoms with Crippen LogP contribution in [0, 0.1) is 15.9 Å². The van der Waals surface area contributed by atoms with Crippen LogP contribution in [0.3, 0.4) is 0 Å². The summed E-state index contributed by atoms with van der Waals surface area (Å²) in [7, 11) is 0. The van der Waals surface area contributed by atoms with E-state index in [1.165, 1.54) is 30.3 Å². The molecule has 0 bridgehead atoms. The van der Waals surface area contributed by atoms with Gasteiger partial charge in [-0.1, -0.05) is 0 Å². The van der Waals surface area contributed by atoms with Gasteiger partial charge in [0, 0.05) is 30.9 Å². The summed E-state index contributed by atoms with van der Waals surface area (Å²) in [6, 6.07) is 9.42. The maximum atomic E-state index is 14.3. The monoisotopic (exact) mass is 361 g/mol. The second-order valence-corrected chi connectivity index (χ2v) is 5.53. The van der Waals surface area contributed by atoms with Crippen molar-refractivity contribution in [3.63, 3.8) is 0 Å². The highest BCUT2D eigenvalue weighted by atomic mass is 19.1. The molecule has 9 heteroatoms. The average Bonchev–Trinajstić information content (AvgIpc) is 2.63. The highest BCUT2D eigenvalue weighted by Crippen LogP contribution is 2.24. The van der Waals surface area contributed by atoms with Gasteiger partial charge in [0.15, 0.2) is 0 Å². The van der Waals surface area contributed by atoms with Crippen molar-refractivity contribution in [2.24, 2.45) is 0 Å². The Balaban J connectivity index is 1.61. The second-order valence-electron chi connectivity index (χ2n) is 5.53. The first-order valence-corrected chi connectivity index (χ1v) is 7.88. The Morgan fingerprint density at radius 1 is 1.19 bits per heavy atom. The van der Waals surface area contributed by atoms with Crippen LogP contribution in [0.25, 0.3) is 0 Å². The molecular weight excluding hydrogens is 345 g/mol. The van der Waals surface area contributed by atoms with Crippen LogP contribution < -0.4 is 15.0 Å². The molecule has 1 fully saturated rings. The van der Waals surface area contributed by atoms with Crippen molar-refractivity contribution in [3.8, 4) is 5.75 Å². The van der Waals surface area contributed by atoms with Crippen molar-refractivity contribution in [1.29, 1.82) is 0 Å². The number of nitrogens with one attached hydrogen (secondary N) is 1. The molecule has 2 aromatic rings. The number of nitro benzene ring substituents is 1. The van der Waals surface area contributed by atoms with Crippen LogP contribution in [0.2, 0.25) is 0 Å². The molecule has 2 aromatic carbocycles. The molecule has 1 saturated heterocycles. The van der Waals surface area contributed by atoms with Crippen molar-refractivity contribution in [2.75, 3.05) is 36.5 Å². The summed E-state index contributed by atoms with van der Waals surface area (Å²) in [5.74, 6) is -0.321. The maximum absolute atomic E-state index is 14.3. The van der Waals surface area contributed by atoms with Crippen LogP contribution in [0.1, 0.15) is 0 Å². The van der Waals surface area contributed by atoms with Gasteiger partial charge in [-0.15, -0.1) is 0 Å². The van der Waals surface area contributed by atoms with Crippen LogP contribution in [0.4, 0.5) is 26.2 Å². The minimum Gasteiger partial charge on any atom is -0.410 e. The van der Waals surface area contributed by atoms with Crippen molar-refractivity contribution in [1.82, 2.24) is 0 Å². The Hall–Kier alpha value is -3.20. The van der Waals surface area contributed by atoms with Gasteiger partial charge in [0.1, 0.15) is 11.6 Å². The van der Waals surface area contributed by atoms with Gasteiger partial charge in [-0.3, -0.25) is 15.4 Å². The lowest BCUT2D eigenvalue weighted by Gasteiger charge is -2.29. The van der Waals surface area contributed by atoms with Crippen molar-refractivity contribution < 1.29 is 23.6 Å². The predicted octanol–water partition coefficient (Wildman–Crippen LogP) is 3.18. The molecule has 26 heavy (non-hydrogen) atoms. The summed E-state index contributed by atoms with van der Waals surface area (Å²) in [5, 5.41) is 13.0. The minimum atomic E-state index is -0.822. The fourth-order valence-corrected chi connectivity index (χ4v) is 2.53. The number of amides is 1. The summed E-state index contributed by atoms with van der Waals surface area (Å²) in [6.45, 7) is 2.29. The lowest BCUT2D eigenvalue weighted by Crippen LogP contribution is -2.36. The zero-order valence-corrected chi connectivity index (χ0v) is 13.7. The Labute approximate surface area is 148 Å². The van der Waals surface area contributed by atoms with E-state index in [1.807, 2.05) is 4.90 Å². The zero-order chi connectivity index (χ0) is 18.5. The van der Waals surface area contributed by atoms with Gasteiger partial charge in [-0.2, -0.15) is 0 Å². The number of non-ortho nitro benzene ring substituents is 1. The van der Waals surface area contributed by atoms with Crippen molar-refractivity contribution in [3.05, 3.63) is 58.4 Å². The summed E-state index contributed by atoms with van der Waals surface area (Å²) in [4.78, 5) is 23.8. The second kappa shape index (κ2) is 7.79. The van der Waals surface area contributed by atoms with Crippen LogP contribution in [0.5, 0.6) is 5.75 Å². The lowest BCUT2D eigenvalue weighted by molar-refractivity contribution is -0.384. The number of ether oxygens (including phenoxy) is 2. The Bertz CT molecular complexity index is 807. The van der Waals surface area contributed by atoms with E-state index in [9.17, 15) is 19.3 Å². The first-order chi connectivity index (χ1) is 12.5. The third kappa shape index (κ3) is 4.25. The number of rotatable bonds is 4. The molecule has 0 aliphatic carbocycles. The minimum absolute atomic E-state index is 0.112. The topological polar surface area (TPSA) is 93.9 Å². The number of halogens is 1. The molecule has 3 rings (SSSR count). The SMILES string of the molecule is O=C(Nc1ccc(N2CCOCC2)c(F)c1)Oc1ccc([N+](=O)[O-])cc1. The molecule has 0 saturated carbocycles. The van der Waals surface area contributed by atoms with Crippen LogP contribution in [-0.2, 0) is 4.74 Å². The molecule has 136 valence electrons. The fourth-order valence-electron chi connectivity index (χ4n) is 2.53. The smallest absolute Gasteiger partial charge is 0.410 e. The molecule has 0 atom stereocenters. The van der Waals surface area contributed by atoms with Gasteiger partial charge in [0.2, 0.25) is 0 Å². The van der Waals surface area contributed by atoms with Gasteiger partial charge in [-0.25, -0.2) is 9.18 Å². The summed E-state index contributed by atoms with van der Waals surface area (Å²) in [6.07, 6.45) is -0.822. The lowest BCUT2D eigenvalue weighted by atomic mass is 10.2. The van der Waals surface area contributed by atoms with Gasteiger partial charge >= 0.3 is 6.09 Å². The van der Waals surface area contributed by atoms with E-state index in [1.54, 1.807) is 12.1 Å². The summed E-state index contributed by atoms with van der Waals surface area (Å²) in [5.41, 5.74) is 0.576. The first-order valence-electron chi connectivity index (χ1n) is 7.88. The summed E-state index contributed by atoms with van der Waals surface area (Å²) >= 11 is 0. The summed E-state index contributed by atoms with van der Waals surface area (Å²) < 4.78 is 24.6. The molecule has 0 spiro atoms. The average molecular weight is 361 g/mol. The zero-order valence-electron chi connectivity index (χ0n) is 13.7. The standard InChI is InChI=1S/C17H16FN3O5/c18-15-11-12(1-6-16(15)20-7-9-25-10-8-20)19-17(22)26-14-4-2-13(3-5-14)21(23)24/h1-6,11H,7-10H2,(H,19,22). The van der Waals surface area contributed by atoms with E-state index in [-0.39, 0.29) is 17.1 Å². The number of hydrogen-bond acceptors (Lipinski definition) is 6. The number of nitro groups is 1. The number of carbonyl (C=O) groups excluding carboxylic acids is 1. The van der Waals surface area contributed by atoms with E-state index in [4.69, 9.17) is 9.47 Å². The molecule has 0 radical (unpaired) electrons. The van der Waals surface area contributed by atoms with Gasteiger partial charge in [0.05, 0.1) is 23.8 Å². The van der Waals surface area contributed by atoms with Crippen LogP contribution in [-0.4, -0.2) is 37.3 Å². The number of hydrogen-bond donors (Lipinski definition) is 1. The molecule has 1 aliphatic heterocycles. The number of carbonyl (C=O) groups is 1. The van der Waals surface area contributed by atoms with Crippen molar-refractivity contribution in [2.45, 2.75) is 0 Å². The quantitative estimate of drug-likeness (QED) is 0.664. The van der Waals surface area contributed by atoms with Gasteiger partial charge in [-0.05, 0) is 30.3 Å². The molecule has 0 unspecified atom stereocenters. The Morgan fingerprint density at radius 2 is 1.88 bits per heavy atom. The fraction of sp³-hybridized carbons (Fsp3) is 0.235. The molecular formula is C17H16FN3O5. The van der Waals surface area contributed by atoms with Gasteiger partial charge in [0.25, 0.3) is 5.69 Å². The number of morpholine rings is 1. The largest absolute Gasteiger partial charge is 0.417 e. The van der Waals surface area contributed by atoms with Crippen molar-refractivity contribution >= 4 is 23.2 Å². The van der Waals surface area contributed by atoms with E-state index in [2.05, 4.69) is 5.32 Å². The molecule has 1 N–H and O–H groups in total. The van der Waals surface area contributed by atoms with E-state index >= 15 is 0 Å². The first kappa shape index (κ1) is 17.6. The molecule has 8 nitrogen and oxygen atoms in total. The van der Waals surface area contributed by atoms with Crippen LogP contribution >= 0.6 is 0 Å². The van der Waals surface area contributed by atoms with E-state index < -0.39 is 16.8 Å². The third-order valence-corrected chi connectivity index (χ3v) is 3.80. The van der Waals surface area contributed by atoms with Gasteiger partial charge < -0.3 is 14.4 Å². The Morgan fingerprint density at radius 3 is 2.50 bits per heavy atom. The normalized spacial score (nSPS) is 14.0. The van der Waals surface area contributed by atoms with Crippen LogP contribution in [0.15, 0.2) is 42.5 Å². The third-order valence-electron chi connectivity index (χ3n) is 3.80. The highest BCUT2D eigenvalue weighted by molar-refractivity contribution is 5.86. The highest BCUT2D eigenvalue weighted by Gasteiger charge is 2.16. The maximum Gasteiger partial charge on any atom is 0.417 e. The molecule has 0 aromatic heterocycles. The molecule has 1 aliphatic rings. The number of anilines is 2. The Kier molecular flexibility index (Phi) is 5.28. The molecule has 1 heterocycles. The predicted molar refractivity (Wildman–Crippen MR) is 92.2 cm³/mol. The van der Waals surface area contributed by atoms with E-state index in [0.29, 0.717) is 32.0 Å².